The number of hydrogen-bond donors (Lipinski definition) is 1. The summed E-state index contributed by atoms with van der Waals surface area (Å²) in [6, 6.07) is 17.2. The molecule has 1 N–H and O–H groups in total. The van der Waals surface area contributed by atoms with Crippen LogP contribution in [0.3, 0.4) is 0 Å². The summed E-state index contributed by atoms with van der Waals surface area (Å²) in [4.78, 5) is 26.4. The van der Waals surface area contributed by atoms with Gasteiger partial charge in [-0.2, -0.15) is 0 Å². The number of rotatable bonds is 7. The molecule has 0 saturated heterocycles. The summed E-state index contributed by atoms with van der Waals surface area (Å²) in [5.41, 5.74) is 0.672. The fraction of sp³-hybridized carbons (Fsp3) is 0.417. The van der Waals surface area contributed by atoms with Gasteiger partial charge in [-0.3, -0.25) is 9.59 Å². The summed E-state index contributed by atoms with van der Waals surface area (Å²) >= 11 is 0. The second kappa shape index (κ2) is 10.6. The van der Waals surface area contributed by atoms with Crippen molar-refractivity contribution < 1.29 is 14.3 Å². The first kappa shape index (κ1) is 20.9. The van der Waals surface area contributed by atoms with E-state index >= 15 is 0 Å². The maximum absolute atomic E-state index is 12.5. The molecule has 2 aromatic rings. The molecule has 29 heavy (non-hydrogen) atoms. The molecule has 154 valence electrons. The van der Waals surface area contributed by atoms with Crippen molar-refractivity contribution in [3.8, 4) is 11.5 Å². The van der Waals surface area contributed by atoms with E-state index < -0.39 is 0 Å². The first-order valence-corrected chi connectivity index (χ1v) is 10.5. The highest BCUT2D eigenvalue weighted by Crippen LogP contribution is 2.32. The molecule has 1 aliphatic rings. The molecule has 0 unspecified atom stereocenters. The Bertz CT molecular complexity index is 799. The average molecular weight is 395 g/mol. The second-order valence-corrected chi connectivity index (χ2v) is 7.56. The van der Waals surface area contributed by atoms with E-state index in [4.69, 9.17) is 4.74 Å². The molecule has 0 aliphatic heterocycles. The third-order valence-corrected chi connectivity index (χ3v) is 5.29. The van der Waals surface area contributed by atoms with Crippen molar-refractivity contribution in [1.29, 1.82) is 0 Å². The molecule has 3 rings (SSSR count). The Morgan fingerprint density at radius 3 is 2.31 bits per heavy atom. The van der Waals surface area contributed by atoms with Crippen LogP contribution in [-0.2, 0) is 9.59 Å². The van der Waals surface area contributed by atoms with Gasteiger partial charge in [0.1, 0.15) is 5.75 Å². The van der Waals surface area contributed by atoms with E-state index in [1.54, 1.807) is 4.90 Å². The molecule has 0 radical (unpaired) electrons. The summed E-state index contributed by atoms with van der Waals surface area (Å²) in [6.45, 7) is 1.84. The van der Waals surface area contributed by atoms with Crippen molar-refractivity contribution in [3.05, 3.63) is 54.6 Å². The minimum absolute atomic E-state index is 0.00427. The van der Waals surface area contributed by atoms with E-state index in [0.717, 1.165) is 12.8 Å². The molecule has 0 heterocycles. The number of hydrogen-bond acceptors (Lipinski definition) is 3. The lowest BCUT2D eigenvalue weighted by Gasteiger charge is -2.24. The van der Waals surface area contributed by atoms with Gasteiger partial charge in [0.05, 0.1) is 5.69 Å². The first-order valence-electron chi connectivity index (χ1n) is 10.5. The zero-order valence-electron chi connectivity index (χ0n) is 17.1. The Morgan fingerprint density at radius 1 is 0.966 bits per heavy atom. The lowest BCUT2D eigenvalue weighted by Crippen LogP contribution is -2.38. The summed E-state index contributed by atoms with van der Waals surface area (Å²) in [5, 5.41) is 3.15. The highest BCUT2D eigenvalue weighted by atomic mass is 16.5. The van der Waals surface area contributed by atoms with Crippen LogP contribution in [0.2, 0.25) is 0 Å². The van der Waals surface area contributed by atoms with Crippen LogP contribution in [0.5, 0.6) is 11.5 Å². The molecule has 0 atom stereocenters. The minimum atomic E-state index is -0.114. The smallest absolute Gasteiger partial charge is 0.223 e. The van der Waals surface area contributed by atoms with Gasteiger partial charge in [-0.05, 0) is 37.1 Å². The van der Waals surface area contributed by atoms with E-state index in [1.165, 1.54) is 32.6 Å². The van der Waals surface area contributed by atoms with Crippen LogP contribution in [0.15, 0.2) is 54.6 Å². The van der Waals surface area contributed by atoms with Gasteiger partial charge >= 0.3 is 0 Å². The Hall–Kier alpha value is -2.82. The predicted molar refractivity (Wildman–Crippen MR) is 115 cm³/mol. The van der Waals surface area contributed by atoms with Crippen LogP contribution in [-0.4, -0.2) is 24.4 Å². The lowest BCUT2D eigenvalue weighted by molar-refractivity contribution is -0.121. The number of carbonyl (C=O) groups excluding carboxylic acids is 2. The molecular formula is C24H30N2O3. The average Bonchev–Trinajstić information content (AvgIpc) is 2.98. The molecule has 0 bridgehead atoms. The van der Waals surface area contributed by atoms with Crippen LogP contribution in [0, 0.1) is 0 Å². The van der Waals surface area contributed by atoms with Crippen molar-refractivity contribution in [2.45, 2.75) is 57.9 Å². The van der Waals surface area contributed by atoms with Gasteiger partial charge in [0.15, 0.2) is 5.75 Å². The van der Waals surface area contributed by atoms with Crippen molar-refractivity contribution in [1.82, 2.24) is 5.32 Å². The molecule has 1 aliphatic carbocycles. The number of anilines is 1. The number of benzene rings is 2. The van der Waals surface area contributed by atoms with Gasteiger partial charge in [0.2, 0.25) is 11.8 Å². The largest absolute Gasteiger partial charge is 0.455 e. The first-order chi connectivity index (χ1) is 14.1. The fourth-order valence-corrected chi connectivity index (χ4v) is 3.77. The third kappa shape index (κ3) is 6.34. The lowest BCUT2D eigenvalue weighted by atomic mass is 10.1. The second-order valence-electron chi connectivity index (χ2n) is 7.56. The monoisotopic (exact) mass is 394 g/mol. The molecule has 5 nitrogen and oxygen atoms in total. The molecule has 0 aromatic heterocycles. The van der Waals surface area contributed by atoms with Crippen molar-refractivity contribution in [2.24, 2.45) is 0 Å². The van der Waals surface area contributed by atoms with E-state index in [9.17, 15) is 9.59 Å². The maximum Gasteiger partial charge on any atom is 0.223 e. The number of carbonyl (C=O) groups is 2. The van der Waals surface area contributed by atoms with Gasteiger partial charge in [-0.1, -0.05) is 56.0 Å². The van der Waals surface area contributed by atoms with Gasteiger partial charge in [-0.25, -0.2) is 0 Å². The summed E-state index contributed by atoms with van der Waals surface area (Å²) < 4.78 is 5.99. The molecule has 0 spiro atoms. The highest BCUT2D eigenvalue weighted by Gasteiger charge is 2.19. The quantitative estimate of drug-likeness (QED) is 0.668. The van der Waals surface area contributed by atoms with Crippen molar-refractivity contribution in [3.63, 3.8) is 0 Å². The molecule has 5 heteroatoms. The Balaban J connectivity index is 1.65. The predicted octanol–water partition coefficient (Wildman–Crippen LogP) is 5.06. The van der Waals surface area contributed by atoms with Gasteiger partial charge in [0, 0.05) is 25.9 Å². The minimum Gasteiger partial charge on any atom is -0.455 e. The third-order valence-electron chi connectivity index (χ3n) is 5.29. The topological polar surface area (TPSA) is 58.6 Å². The summed E-state index contributed by atoms with van der Waals surface area (Å²) in [5.74, 6) is 1.19. The molecule has 2 aromatic carbocycles. The Morgan fingerprint density at radius 2 is 1.62 bits per heavy atom. The van der Waals surface area contributed by atoms with Gasteiger partial charge < -0.3 is 15.0 Å². The molecule has 1 fully saturated rings. The van der Waals surface area contributed by atoms with Crippen LogP contribution in [0.1, 0.15) is 51.9 Å². The van der Waals surface area contributed by atoms with E-state index in [0.29, 0.717) is 23.7 Å². The fourth-order valence-electron chi connectivity index (χ4n) is 3.77. The number of amides is 2. The zero-order chi connectivity index (χ0) is 20.5. The summed E-state index contributed by atoms with van der Waals surface area (Å²) in [7, 11) is 0. The van der Waals surface area contributed by atoms with Crippen LogP contribution < -0.4 is 15.0 Å². The van der Waals surface area contributed by atoms with Gasteiger partial charge in [-0.15, -0.1) is 0 Å². The van der Waals surface area contributed by atoms with E-state index in [2.05, 4.69) is 5.32 Å². The number of para-hydroxylation sites is 3. The Kier molecular flexibility index (Phi) is 7.68. The van der Waals surface area contributed by atoms with E-state index in [-0.39, 0.29) is 24.3 Å². The number of nitrogens with one attached hydrogen (secondary N) is 1. The van der Waals surface area contributed by atoms with Gasteiger partial charge in [0.25, 0.3) is 0 Å². The molecule has 1 saturated carbocycles. The number of nitrogens with zero attached hydrogens (tertiary/aromatic N) is 1. The van der Waals surface area contributed by atoms with Crippen molar-refractivity contribution in [2.75, 3.05) is 11.4 Å². The SMILES string of the molecule is CC(=O)N(CCC(=O)NC1CCCCCC1)c1ccccc1Oc1ccccc1. The van der Waals surface area contributed by atoms with Crippen LogP contribution >= 0.6 is 0 Å². The van der Waals surface area contributed by atoms with Crippen molar-refractivity contribution >= 4 is 17.5 Å². The zero-order valence-corrected chi connectivity index (χ0v) is 17.1. The normalized spacial score (nSPS) is 14.7. The summed E-state index contributed by atoms with van der Waals surface area (Å²) in [6.07, 6.45) is 7.23. The molecular weight excluding hydrogens is 364 g/mol. The highest BCUT2D eigenvalue weighted by molar-refractivity contribution is 5.94. The number of ether oxygens (including phenoxy) is 1. The molecule has 2 amide bonds. The van der Waals surface area contributed by atoms with Crippen LogP contribution in [0.25, 0.3) is 0 Å². The Labute approximate surface area is 173 Å². The van der Waals surface area contributed by atoms with E-state index in [1.807, 2.05) is 54.6 Å². The maximum atomic E-state index is 12.5. The standard InChI is InChI=1S/C24H30N2O3/c1-19(27)26(18-17-24(28)25-20-11-5-2-3-6-12-20)22-15-9-10-16-23(22)29-21-13-7-4-8-14-21/h4,7-10,13-16,20H,2-3,5-6,11-12,17-18H2,1H3,(H,25,28). The van der Waals surface area contributed by atoms with Crippen LogP contribution in [0.4, 0.5) is 5.69 Å².